The zero-order valence-corrected chi connectivity index (χ0v) is 16.4. The third-order valence-corrected chi connectivity index (χ3v) is 4.41. The maximum Gasteiger partial charge on any atom is 0.416 e. The molecule has 0 spiro atoms. The molecule has 0 aliphatic rings. The van der Waals surface area contributed by atoms with Crippen molar-refractivity contribution in [2.24, 2.45) is 0 Å². The van der Waals surface area contributed by atoms with E-state index in [1.54, 1.807) is 0 Å². The average molecular weight is 440 g/mol. The van der Waals surface area contributed by atoms with Crippen molar-refractivity contribution in [3.63, 3.8) is 0 Å². The van der Waals surface area contributed by atoms with Gasteiger partial charge in [-0.1, -0.05) is 30.3 Å². The molecule has 2 atom stereocenters. The number of alkyl halides is 3. The summed E-state index contributed by atoms with van der Waals surface area (Å²) in [5, 5.41) is 14.0. The van der Waals surface area contributed by atoms with Gasteiger partial charge in [0.25, 0.3) is 0 Å². The number of rotatable bonds is 8. The molecule has 2 amide bonds. The van der Waals surface area contributed by atoms with E-state index in [4.69, 9.17) is 0 Å². The van der Waals surface area contributed by atoms with Gasteiger partial charge >= 0.3 is 12.1 Å². The molecule has 0 aliphatic carbocycles. The first-order valence-corrected chi connectivity index (χ1v) is 9.17. The summed E-state index contributed by atoms with van der Waals surface area (Å²) in [6, 6.07) is 6.70. The Morgan fingerprint density at radius 1 is 0.935 bits per heavy atom. The predicted molar refractivity (Wildman–Crippen MR) is 102 cm³/mol. The first-order chi connectivity index (χ1) is 14.5. The first-order valence-electron chi connectivity index (χ1n) is 9.17. The normalized spacial score (nSPS) is 13.2. The lowest BCUT2D eigenvalue weighted by atomic mass is 9.99. The molecule has 0 aromatic heterocycles. The summed E-state index contributed by atoms with van der Waals surface area (Å²) in [5.74, 6) is -3.50. The number of carboxylic acids is 1. The average Bonchev–Trinajstić information content (AvgIpc) is 2.67. The monoisotopic (exact) mass is 440 g/mol. The lowest BCUT2D eigenvalue weighted by Crippen LogP contribution is -2.52. The third-order valence-electron chi connectivity index (χ3n) is 4.41. The summed E-state index contributed by atoms with van der Waals surface area (Å²) < 4.78 is 52.7. The van der Waals surface area contributed by atoms with Crippen molar-refractivity contribution in [2.45, 2.75) is 38.0 Å². The second kappa shape index (κ2) is 10.1. The zero-order chi connectivity index (χ0) is 23.2. The second-order valence-corrected chi connectivity index (χ2v) is 6.84. The SMILES string of the molecule is CC(=O)N[C@@H](Cc1ccc(F)cc1)C(=O)N[C@H](Cc1ccccc1C(F)(F)F)C(=O)O. The molecule has 31 heavy (non-hydrogen) atoms. The van der Waals surface area contributed by atoms with Crippen LogP contribution in [0.15, 0.2) is 48.5 Å². The van der Waals surface area contributed by atoms with Crippen molar-refractivity contribution in [1.82, 2.24) is 10.6 Å². The molecule has 3 N–H and O–H groups in total. The molecule has 0 heterocycles. The van der Waals surface area contributed by atoms with Crippen LogP contribution in [0.4, 0.5) is 17.6 Å². The molecule has 2 rings (SSSR count). The van der Waals surface area contributed by atoms with Crippen LogP contribution in [0.1, 0.15) is 23.6 Å². The highest BCUT2D eigenvalue weighted by molar-refractivity contribution is 5.90. The van der Waals surface area contributed by atoms with Gasteiger partial charge in [0.2, 0.25) is 11.8 Å². The number of benzene rings is 2. The summed E-state index contributed by atoms with van der Waals surface area (Å²) >= 11 is 0. The molecule has 0 saturated carbocycles. The third kappa shape index (κ3) is 7.09. The van der Waals surface area contributed by atoms with Gasteiger partial charge < -0.3 is 15.7 Å². The number of carbonyl (C=O) groups is 3. The Morgan fingerprint density at radius 3 is 2.10 bits per heavy atom. The van der Waals surface area contributed by atoms with E-state index < -0.39 is 53.8 Å². The molecule has 0 aliphatic heterocycles. The molecule has 10 heteroatoms. The molecule has 6 nitrogen and oxygen atoms in total. The lowest BCUT2D eigenvalue weighted by Gasteiger charge is -2.22. The molecule has 2 aromatic rings. The van der Waals surface area contributed by atoms with Gasteiger partial charge in [0.1, 0.15) is 17.9 Å². The smallest absolute Gasteiger partial charge is 0.416 e. The van der Waals surface area contributed by atoms with E-state index in [9.17, 15) is 37.1 Å². The number of aliphatic carboxylic acids is 1. The molecule has 2 aromatic carbocycles. The molecule has 0 saturated heterocycles. The fourth-order valence-corrected chi connectivity index (χ4v) is 2.98. The number of nitrogens with one attached hydrogen (secondary N) is 2. The molecular formula is C21H20F4N2O4. The fraction of sp³-hybridized carbons (Fsp3) is 0.286. The van der Waals surface area contributed by atoms with Crippen LogP contribution in [-0.2, 0) is 33.4 Å². The van der Waals surface area contributed by atoms with Gasteiger partial charge in [-0.15, -0.1) is 0 Å². The molecular weight excluding hydrogens is 420 g/mol. The summed E-state index contributed by atoms with van der Waals surface area (Å²) in [7, 11) is 0. The molecule has 166 valence electrons. The van der Waals surface area contributed by atoms with Crippen LogP contribution in [0.5, 0.6) is 0 Å². The largest absolute Gasteiger partial charge is 0.480 e. The van der Waals surface area contributed by atoms with Crippen molar-refractivity contribution in [3.05, 3.63) is 71.0 Å². The van der Waals surface area contributed by atoms with Crippen LogP contribution in [0, 0.1) is 5.82 Å². The van der Waals surface area contributed by atoms with Crippen molar-refractivity contribution in [1.29, 1.82) is 0 Å². The van der Waals surface area contributed by atoms with E-state index in [0.29, 0.717) is 5.56 Å². The summed E-state index contributed by atoms with van der Waals surface area (Å²) in [6.45, 7) is 1.15. The lowest BCUT2D eigenvalue weighted by molar-refractivity contribution is -0.143. The van der Waals surface area contributed by atoms with E-state index in [0.717, 1.165) is 31.2 Å². The minimum Gasteiger partial charge on any atom is -0.480 e. The molecule has 0 fully saturated rings. The highest BCUT2D eigenvalue weighted by atomic mass is 19.4. The maximum atomic E-state index is 13.2. The number of carbonyl (C=O) groups excluding carboxylic acids is 2. The Labute approximate surface area is 175 Å². The van der Waals surface area contributed by atoms with Gasteiger partial charge in [0, 0.05) is 19.8 Å². The highest BCUT2D eigenvalue weighted by Gasteiger charge is 2.35. The molecule has 0 unspecified atom stereocenters. The number of hydrogen-bond acceptors (Lipinski definition) is 3. The maximum absolute atomic E-state index is 13.2. The van der Waals surface area contributed by atoms with Crippen LogP contribution < -0.4 is 10.6 Å². The van der Waals surface area contributed by atoms with Gasteiger partial charge in [0.05, 0.1) is 5.56 Å². The van der Waals surface area contributed by atoms with E-state index in [-0.39, 0.29) is 12.0 Å². The van der Waals surface area contributed by atoms with Crippen LogP contribution in [0.25, 0.3) is 0 Å². The molecule has 0 radical (unpaired) electrons. The Morgan fingerprint density at radius 2 is 1.55 bits per heavy atom. The quantitative estimate of drug-likeness (QED) is 0.550. The zero-order valence-electron chi connectivity index (χ0n) is 16.4. The van der Waals surface area contributed by atoms with Gasteiger partial charge in [-0.05, 0) is 29.3 Å². The van der Waals surface area contributed by atoms with E-state index in [1.165, 1.54) is 24.3 Å². The van der Waals surface area contributed by atoms with Crippen molar-refractivity contribution >= 4 is 17.8 Å². The number of hydrogen-bond donors (Lipinski definition) is 3. The van der Waals surface area contributed by atoms with Gasteiger partial charge in [-0.3, -0.25) is 9.59 Å². The number of halogens is 4. The van der Waals surface area contributed by atoms with E-state index >= 15 is 0 Å². The highest BCUT2D eigenvalue weighted by Crippen LogP contribution is 2.32. The summed E-state index contributed by atoms with van der Waals surface area (Å²) in [6.07, 6.45) is -5.37. The van der Waals surface area contributed by atoms with Crippen LogP contribution in [0.2, 0.25) is 0 Å². The fourth-order valence-electron chi connectivity index (χ4n) is 2.98. The van der Waals surface area contributed by atoms with Crippen molar-refractivity contribution < 1.29 is 37.1 Å². The molecule has 0 bridgehead atoms. The van der Waals surface area contributed by atoms with Gasteiger partial charge in [-0.25, -0.2) is 9.18 Å². The number of carboxylic acid groups (broad SMARTS) is 1. The van der Waals surface area contributed by atoms with Gasteiger partial charge in [0.15, 0.2) is 0 Å². The predicted octanol–water partition coefficient (Wildman–Crippen LogP) is 2.70. The standard InChI is InChI=1S/C21H20F4N2O4/c1-12(28)26-17(10-13-6-8-15(22)9-7-13)19(29)27-18(20(30)31)11-14-4-2-3-5-16(14)21(23,24)25/h2-9,17-18H,10-11H2,1H3,(H,26,28)(H,27,29)(H,30,31)/t17-,18+/m0/s1. The van der Waals surface area contributed by atoms with Crippen LogP contribution >= 0.6 is 0 Å². The van der Waals surface area contributed by atoms with E-state index in [1.807, 2.05) is 0 Å². The minimum atomic E-state index is -4.69. The van der Waals surface area contributed by atoms with E-state index in [2.05, 4.69) is 10.6 Å². The van der Waals surface area contributed by atoms with Gasteiger partial charge in [-0.2, -0.15) is 13.2 Å². The minimum absolute atomic E-state index is 0.0723. The Kier molecular flexibility index (Phi) is 7.73. The van der Waals surface area contributed by atoms with Crippen LogP contribution in [-0.4, -0.2) is 35.0 Å². The first kappa shape index (κ1) is 23.8. The van der Waals surface area contributed by atoms with Crippen LogP contribution in [0.3, 0.4) is 0 Å². The topological polar surface area (TPSA) is 95.5 Å². The Balaban J connectivity index is 2.21. The summed E-state index contributed by atoms with van der Waals surface area (Å²) in [4.78, 5) is 35.7. The van der Waals surface area contributed by atoms with Crippen molar-refractivity contribution in [2.75, 3.05) is 0 Å². The number of amides is 2. The Hall–Kier alpha value is -3.43. The summed E-state index contributed by atoms with van der Waals surface area (Å²) in [5.41, 5.74) is -0.804. The second-order valence-electron chi connectivity index (χ2n) is 6.84. The Bertz CT molecular complexity index is 945. The van der Waals surface area contributed by atoms with Crippen molar-refractivity contribution in [3.8, 4) is 0 Å².